The van der Waals surface area contributed by atoms with E-state index >= 15 is 0 Å². The number of hydrogen-bond donors (Lipinski definition) is 3. The average molecular weight is 234 g/mol. The van der Waals surface area contributed by atoms with Crippen molar-refractivity contribution in [2.24, 2.45) is 0 Å². The van der Waals surface area contributed by atoms with Crippen LogP contribution in [0.4, 0.5) is 17.5 Å². The molecule has 0 saturated carbocycles. The summed E-state index contributed by atoms with van der Waals surface area (Å²) in [5.41, 5.74) is 16.7. The van der Waals surface area contributed by atoms with E-state index in [-0.39, 0.29) is 0 Å². The summed E-state index contributed by atoms with van der Waals surface area (Å²) in [7, 11) is 0. The Bertz CT molecular complexity index is 495. The van der Waals surface area contributed by atoms with Crippen LogP contribution in [-0.2, 0) is 0 Å². The zero-order valence-corrected chi connectivity index (χ0v) is 9.11. The summed E-state index contributed by atoms with van der Waals surface area (Å²) in [5.74, 6) is 1.11. The summed E-state index contributed by atoms with van der Waals surface area (Å²) in [6.07, 6.45) is 0. The third kappa shape index (κ3) is 2.51. The number of anilines is 3. The van der Waals surface area contributed by atoms with Gasteiger partial charge in [0.2, 0.25) is 0 Å². The molecule has 82 valence electrons. The van der Waals surface area contributed by atoms with Gasteiger partial charge in [-0.25, -0.2) is 15.0 Å². The molecule has 0 aliphatic rings. The van der Waals surface area contributed by atoms with Crippen molar-refractivity contribution in [3.63, 3.8) is 0 Å². The highest BCUT2D eigenvalue weighted by molar-refractivity contribution is 7.99. The molecule has 2 heterocycles. The van der Waals surface area contributed by atoms with Crippen LogP contribution in [0.3, 0.4) is 0 Å². The van der Waals surface area contributed by atoms with Crippen molar-refractivity contribution in [2.45, 2.75) is 10.2 Å². The molecule has 7 heteroatoms. The second-order valence-corrected chi connectivity index (χ2v) is 3.99. The third-order valence-electron chi connectivity index (χ3n) is 1.69. The summed E-state index contributed by atoms with van der Waals surface area (Å²) >= 11 is 1.26. The Labute approximate surface area is 96.3 Å². The lowest BCUT2D eigenvalue weighted by Gasteiger charge is -2.02. The van der Waals surface area contributed by atoms with Gasteiger partial charge in [0, 0.05) is 6.07 Å². The van der Waals surface area contributed by atoms with Gasteiger partial charge in [-0.1, -0.05) is 6.07 Å². The Morgan fingerprint density at radius 1 is 0.875 bits per heavy atom. The Balaban J connectivity index is 2.27. The van der Waals surface area contributed by atoms with Gasteiger partial charge in [0.15, 0.2) is 5.16 Å². The fourth-order valence-electron chi connectivity index (χ4n) is 1.09. The van der Waals surface area contributed by atoms with Crippen LogP contribution in [0.2, 0.25) is 0 Å². The minimum Gasteiger partial charge on any atom is -0.384 e. The van der Waals surface area contributed by atoms with Crippen LogP contribution in [0.1, 0.15) is 0 Å². The van der Waals surface area contributed by atoms with Crippen LogP contribution in [0.25, 0.3) is 0 Å². The van der Waals surface area contributed by atoms with E-state index in [4.69, 9.17) is 17.2 Å². The molecule has 0 radical (unpaired) electrons. The molecule has 0 bridgehead atoms. The Morgan fingerprint density at radius 2 is 1.56 bits per heavy atom. The number of aromatic nitrogens is 3. The zero-order chi connectivity index (χ0) is 11.5. The highest BCUT2D eigenvalue weighted by atomic mass is 32.2. The maximum atomic E-state index is 5.56. The fourth-order valence-corrected chi connectivity index (χ4v) is 1.88. The van der Waals surface area contributed by atoms with Crippen LogP contribution < -0.4 is 17.2 Å². The van der Waals surface area contributed by atoms with Crippen molar-refractivity contribution in [1.82, 2.24) is 15.0 Å². The van der Waals surface area contributed by atoms with E-state index in [1.54, 1.807) is 12.1 Å². The predicted molar refractivity (Wildman–Crippen MR) is 63.6 cm³/mol. The number of nitrogens with zero attached hydrogens (tertiary/aromatic N) is 3. The average Bonchev–Trinajstić information content (AvgIpc) is 2.15. The minimum atomic E-state index is 0.332. The van der Waals surface area contributed by atoms with E-state index in [9.17, 15) is 0 Å². The second-order valence-electron chi connectivity index (χ2n) is 3.00. The smallest absolute Gasteiger partial charge is 0.197 e. The van der Waals surface area contributed by atoms with E-state index in [1.807, 2.05) is 6.07 Å². The maximum Gasteiger partial charge on any atom is 0.197 e. The van der Waals surface area contributed by atoms with Crippen molar-refractivity contribution in [3.8, 4) is 0 Å². The Morgan fingerprint density at radius 3 is 2.19 bits per heavy atom. The van der Waals surface area contributed by atoms with Gasteiger partial charge < -0.3 is 17.2 Å². The molecule has 0 atom stereocenters. The zero-order valence-electron chi connectivity index (χ0n) is 8.29. The monoisotopic (exact) mass is 234 g/mol. The van der Waals surface area contributed by atoms with Gasteiger partial charge in [-0.05, 0) is 23.9 Å². The van der Waals surface area contributed by atoms with Crippen LogP contribution in [-0.4, -0.2) is 15.0 Å². The van der Waals surface area contributed by atoms with Gasteiger partial charge in [-0.2, -0.15) is 0 Å². The molecule has 0 amide bonds. The summed E-state index contributed by atoms with van der Waals surface area (Å²) < 4.78 is 0. The van der Waals surface area contributed by atoms with Gasteiger partial charge in [0.05, 0.1) is 0 Å². The topological polar surface area (TPSA) is 117 Å². The number of rotatable bonds is 2. The molecular formula is C9H10N6S. The Hall–Kier alpha value is -2.02. The number of nitrogen functional groups attached to an aromatic ring is 3. The second kappa shape index (κ2) is 4.23. The van der Waals surface area contributed by atoms with Crippen LogP contribution >= 0.6 is 11.8 Å². The first-order valence-corrected chi connectivity index (χ1v) is 5.25. The first kappa shape index (κ1) is 10.5. The normalized spacial score (nSPS) is 10.2. The molecule has 0 aliphatic carbocycles. The largest absolute Gasteiger partial charge is 0.384 e. The SMILES string of the molecule is Nc1cccc(Sc2nc(N)cc(N)n2)n1. The molecular weight excluding hydrogens is 224 g/mol. The maximum absolute atomic E-state index is 5.56. The van der Waals surface area contributed by atoms with Crippen molar-refractivity contribution < 1.29 is 0 Å². The third-order valence-corrected chi connectivity index (χ3v) is 2.49. The molecule has 0 aromatic carbocycles. The van der Waals surface area contributed by atoms with Crippen molar-refractivity contribution >= 4 is 29.2 Å². The highest BCUT2D eigenvalue weighted by Crippen LogP contribution is 2.24. The van der Waals surface area contributed by atoms with Crippen molar-refractivity contribution in [1.29, 1.82) is 0 Å². The van der Waals surface area contributed by atoms with Gasteiger partial charge in [0.25, 0.3) is 0 Å². The standard InChI is InChI=1S/C9H10N6S/c10-5-2-1-3-8(13-5)16-9-14-6(11)4-7(12)15-9/h1-4H,(H2,10,13)(H4,11,12,14,15). The van der Waals surface area contributed by atoms with Gasteiger partial charge in [-0.3, -0.25) is 0 Å². The minimum absolute atomic E-state index is 0.332. The van der Waals surface area contributed by atoms with E-state index < -0.39 is 0 Å². The van der Waals surface area contributed by atoms with Gasteiger partial charge in [-0.15, -0.1) is 0 Å². The molecule has 2 aromatic heterocycles. The molecule has 0 spiro atoms. The lowest BCUT2D eigenvalue weighted by molar-refractivity contribution is 0.977. The van der Waals surface area contributed by atoms with Gasteiger partial charge >= 0.3 is 0 Å². The lowest BCUT2D eigenvalue weighted by Crippen LogP contribution is -1.99. The predicted octanol–water partition coefficient (Wildman–Crippen LogP) is 0.769. The number of pyridine rings is 1. The van der Waals surface area contributed by atoms with Crippen LogP contribution in [0, 0.1) is 0 Å². The highest BCUT2D eigenvalue weighted by Gasteiger charge is 2.04. The van der Waals surface area contributed by atoms with E-state index in [0.717, 1.165) is 0 Å². The van der Waals surface area contributed by atoms with E-state index in [0.29, 0.717) is 27.6 Å². The molecule has 2 aromatic rings. The molecule has 0 unspecified atom stereocenters. The molecule has 6 N–H and O–H groups in total. The fraction of sp³-hybridized carbons (Fsp3) is 0. The molecule has 0 fully saturated rings. The summed E-state index contributed by atoms with van der Waals surface area (Å²) in [5, 5.41) is 1.15. The van der Waals surface area contributed by atoms with Crippen molar-refractivity contribution in [2.75, 3.05) is 17.2 Å². The van der Waals surface area contributed by atoms with E-state index in [1.165, 1.54) is 17.8 Å². The molecule has 16 heavy (non-hydrogen) atoms. The van der Waals surface area contributed by atoms with E-state index in [2.05, 4.69) is 15.0 Å². The Kier molecular flexibility index (Phi) is 2.78. The molecule has 0 saturated heterocycles. The van der Waals surface area contributed by atoms with Crippen molar-refractivity contribution in [3.05, 3.63) is 24.3 Å². The van der Waals surface area contributed by atoms with Gasteiger partial charge in [0.1, 0.15) is 22.5 Å². The summed E-state index contributed by atoms with van der Waals surface area (Å²) in [6, 6.07) is 6.82. The lowest BCUT2D eigenvalue weighted by atomic mass is 10.5. The first-order chi connectivity index (χ1) is 7.63. The quantitative estimate of drug-likeness (QED) is 0.657. The summed E-state index contributed by atoms with van der Waals surface area (Å²) in [6.45, 7) is 0. The molecule has 2 rings (SSSR count). The number of nitrogens with two attached hydrogens (primary N) is 3. The van der Waals surface area contributed by atoms with Crippen LogP contribution in [0.5, 0.6) is 0 Å². The number of hydrogen-bond acceptors (Lipinski definition) is 7. The van der Waals surface area contributed by atoms with Crippen LogP contribution in [0.15, 0.2) is 34.4 Å². The first-order valence-electron chi connectivity index (χ1n) is 4.44. The molecule has 0 aliphatic heterocycles. The summed E-state index contributed by atoms with van der Waals surface area (Å²) in [4.78, 5) is 12.2. The molecule has 6 nitrogen and oxygen atoms in total.